The van der Waals surface area contributed by atoms with Crippen LogP contribution in [0.1, 0.15) is 43.0 Å². The van der Waals surface area contributed by atoms with Crippen LogP contribution in [0.25, 0.3) is 0 Å². The summed E-state index contributed by atoms with van der Waals surface area (Å²) in [6.45, 7) is 3.62. The maximum atomic E-state index is 11.9. The fourth-order valence-corrected chi connectivity index (χ4v) is 3.68. The third-order valence-corrected chi connectivity index (χ3v) is 5.26. The highest BCUT2D eigenvalue weighted by Gasteiger charge is 2.42. The Bertz CT molecular complexity index is 602. The number of anilines is 1. The number of amides is 1. The maximum absolute atomic E-state index is 11.9. The van der Waals surface area contributed by atoms with Gasteiger partial charge in [-0.05, 0) is 32.6 Å². The Morgan fingerprint density at radius 2 is 2.10 bits per heavy atom. The van der Waals surface area contributed by atoms with Gasteiger partial charge in [-0.1, -0.05) is 11.6 Å². The van der Waals surface area contributed by atoms with Crippen LogP contribution in [0.5, 0.6) is 0 Å². The molecule has 0 aromatic carbocycles. The topological polar surface area (TPSA) is 58.1 Å². The highest BCUT2D eigenvalue weighted by Crippen LogP contribution is 2.41. The highest BCUT2D eigenvalue weighted by molar-refractivity contribution is 6.30. The molecule has 1 aliphatic carbocycles. The first kappa shape index (κ1) is 13.3. The number of rotatable bonds is 2. The molecular weight excluding hydrogens is 288 g/mol. The van der Waals surface area contributed by atoms with Gasteiger partial charge in [0.25, 0.3) is 0 Å². The van der Waals surface area contributed by atoms with E-state index in [2.05, 4.69) is 15.2 Å². The number of piperidine rings is 1. The van der Waals surface area contributed by atoms with Gasteiger partial charge in [0, 0.05) is 24.6 Å². The summed E-state index contributed by atoms with van der Waals surface area (Å²) in [5.74, 6) is 2.56. The van der Waals surface area contributed by atoms with Gasteiger partial charge < -0.3 is 10.2 Å². The second-order valence-electron chi connectivity index (χ2n) is 6.35. The molecule has 2 atom stereocenters. The van der Waals surface area contributed by atoms with Crippen molar-refractivity contribution in [2.24, 2.45) is 5.92 Å². The summed E-state index contributed by atoms with van der Waals surface area (Å²) >= 11 is 6.32. The monoisotopic (exact) mass is 306 g/mol. The van der Waals surface area contributed by atoms with E-state index in [9.17, 15) is 4.79 Å². The third-order valence-electron chi connectivity index (χ3n) is 4.89. The van der Waals surface area contributed by atoms with E-state index in [1.165, 1.54) is 0 Å². The Balaban J connectivity index is 1.73. The van der Waals surface area contributed by atoms with Crippen LogP contribution in [-0.4, -0.2) is 35.0 Å². The van der Waals surface area contributed by atoms with Gasteiger partial charge >= 0.3 is 0 Å². The lowest BCUT2D eigenvalue weighted by Gasteiger charge is -2.37. The fourth-order valence-electron chi connectivity index (χ4n) is 3.51. The molecule has 1 aromatic heterocycles. The summed E-state index contributed by atoms with van der Waals surface area (Å²) in [5.41, 5.74) is 0.932. The van der Waals surface area contributed by atoms with Crippen molar-refractivity contribution in [3.63, 3.8) is 0 Å². The molecule has 3 aliphatic rings. The molecule has 21 heavy (non-hydrogen) atoms. The predicted octanol–water partition coefficient (Wildman–Crippen LogP) is 2.03. The Morgan fingerprint density at radius 3 is 2.86 bits per heavy atom. The number of aromatic nitrogens is 2. The molecule has 2 unspecified atom stereocenters. The van der Waals surface area contributed by atoms with Crippen LogP contribution in [-0.2, 0) is 4.79 Å². The molecule has 3 fully saturated rings. The van der Waals surface area contributed by atoms with Crippen molar-refractivity contribution < 1.29 is 4.79 Å². The minimum absolute atomic E-state index is 0.0938. The van der Waals surface area contributed by atoms with Crippen LogP contribution in [0.4, 0.5) is 5.82 Å². The number of hydrogen-bond donors (Lipinski definition) is 1. The van der Waals surface area contributed by atoms with Gasteiger partial charge in [-0.25, -0.2) is 9.97 Å². The van der Waals surface area contributed by atoms with Crippen molar-refractivity contribution in [2.45, 2.75) is 44.6 Å². The van der Waals surface area contributed by atoms with E-state index in [1.807, 2.05) is 6.92 Å². The molecule has 0 bridgehead atoms. The van der Waals surface area contributed by atoms with Crippen LogP contribution >= 0.6 is 11.6 Å². The van der Waals surface area contributed by atoms with Crippen molar-refractivity contribution in [3.8, 4) is 0 Å². The number of nitrogens with zero attached hydrogens (tertiary/aromatic N) is 3. The molecule has 0 spiro atoms. The molecule has 2 aliphatic heterocycles. The summed E-state index contributed by atoms with van der Waals surface area (Å²) in [5, 5.41) is 3.54. The average molecular weight is 307 g/mol. The van der Waals surface area contributed by atoms with Gasteiger partial charge in [0.2, 0.25) is 5.91 Å². The van der Waals surface area contributed by atoms with Crippen molar-refractivity contribution in [3.05, 3.63) is 16.5 Å². The molecule has 2 saturated heterocycles. The van der Waals surface area contributed by atoms with Gasteiger partial charge in [0.1, 0.15) is 16.8 Å². The number of carbonyl (C=O) groups is 1. The lowest BCUT2D eigenvalue weighted by atomic mass is 9.91. The van der Waals surface area contributed by atoms with E-state index in [1.54, 1.807) is 0 Å². The van der Waals surface area contributed by atoms with Gasteiger partial charge in [-0.2, -0.15) is 0 Å². The van der Waals surface area contributed by atoms with Crippen LogP contribution in [0.3, 0.4) is 0 Å². The Kier molecular flexibility index (Phi) is 3.06. The van der Waals surface area contributed by atoms with Crippen LogP contribution in [0.2, 0.25) is 5.15 Å². The minimum Gasteiger partial charge on any atom is -0.354 e. The third kappa shape index (κ3) is 2.18. The van der Waals surface area contributed by atoms with Crippen molar-refractivity contribution in [2.75, 3.05) is 18.0 Å². The number of carbonyl (C=O) groups excluding carboxylic acids is 1. The summed E-state index contributed by atoms with van der Waals surface area (Å²) < 4.78 is 0. The molecule has 112 valence electrons. The Morgan fingerprint density at radius 1 is 1.29 bits per heavy atom. The smallest absolute Gasteiger partial charge is 0.225 e. The zero-order valence-electron chi connectivity index (χ0n) is 12.1. The zero-order valence-corrected chi connectivity index (χ0v) is 12.9. The number of halogens is 1. The lowest BCUT2D eigenvalue weighted by molar-refractivity contribution is -0.122. The molecule has 1 saturated carbocycles. The summed E-state index contributed by atoms with van der Waals surface area (Å²) in [6, 6.07) is 0.211. The molecule has 1 N–H and O–H groups in total. The van der Waals surface area contributed by atoms with Crippen molar-refractivity contribution >= 4 is 23.3 Å². The molecule has 0 radical (unpaired) electrons. The minimum atomic E-state index is 0.0938. The van der Waals surface area contributed by atoms with Crippen LogP contribution in [0, 0.1) is 12.8 Å². The summed E-state index contributed by atoms with van der Waals surface area (Å²) in [4.78, 5) is 23.4. The number of hydrogen-bond acceptors (Lipinski definition) is 4. The van der Waals surface area contributed by atoms with Gasteiger partial charge in [-0.15, -0.1) is 0 Å². The molecular formula is C15H19ClN4O. The molecule has 5 nitrogen and oxygen atoms in total. The number of fused-ring (bicyclic) bond motifs is 1. The zero-order chi connectivity index (χ0) is 14.6. The largest absolute Gasteiger partial charge is 0.354 e. The predicted molar refractivity (Wildman–Crippen MR) is 80.6 cm³/mol. The van der Waals surface area contributed by atoms with Gasteiger partial charge in [-0.3, -0.25) is 4.79 Å². The van der Waals surface area contributed by atoms with E-state index >= 15 is 0 Å². The lowest BCUT2D eigenvalue weighted by Crippen LogP contribution is -2.46. The van der Waals surface area contributed by atoms with Crippen molar-refractivity contribution in [1.29, 1.82) is 0 Å². The highest BCUT2D eigenvalue weighted by atomic mass is 35.5. The van der Waals surface area contributed by atoms with E-state index < -0.39 is 0 Å². The van der Waals surface area contributed by atoms with Gasteiger partial charge in [0.05, 0.1) is 12.0 Å². The maximum Gasteiger partial charge on any atom is 0.225 e. The fraction of sp³-hybridized carbons (Fsp3) is 0.667. The van der Waals surface area contributed by atoms with Crippen LogP contribution in [0.15, 0.2) is 0 Å². The SMILES string of the molecule is Cc1c(Cl)nc(C2CC2)nc1N1CCCC2C(=O)NCC21. The molecule has 1 amide bonds. The average Bonchev–Trinajstić information content (AvgIpc) is 3.26. The Hall–Kier alpha value is -1.36. The molecule has 6 heteroatoms. The van der Waals surface area contributed by atoms with E-state index in [0.29, 0.717) is 17.6 Å². The van der Waals surface area contributed by atoms with Crippen molar-refractivity contribution in [1.82, 2.24) is 15.3 Å². The first-order valence-corrected chi connectivity index (χ1v) is 8.11. The summed E-state index contributed by atoms with van der Waals surface area (Å²) in [7, 11) is 0. The first-order valence-electron chi connectivity index (χ1n) is 7.73. The van der Waals surface area contributed by atoms with E-state index in [0.717, 1.165) is 49.4 Å². The first-order chi connectivity index (χ1) is 10.1. The second kappa shape index (κ2) is 4.83. The van der Waals surface area contributed by atoms with E-state index in [-0.39, 0.29) is 17.9 Å². The van der Waals surface area contributed by atoms with Crippen LogP contribution < -0.4 is 10.2 Å². The van der Waals surface area contributed by atoms with E-state index in [4.69, 9.17) is 16.6 Å². The standard InChI is InChI=1S/C15H19ClN4O/c1-8-12(16)18-13(9-4-5-9)19-14(8)20-6-2-3-10-11(20)7-17-15(10)21/h9-11H,2-7H2,1H3,(H,17,21). The molecule has 3 heterocycles. The Labute approximate surface area is 129 Å². The quantitative estimate of drug-likeness (QED) is 0.850. The summed E-state index contributed by atoms with van der Waals surface area (Å²) in [6.07, 6.45) is 4.31. The molecule has 4 rings (SSSR count). The normalized spacial score (nSPS) is 28.5. The van der Waals surface area contributed by atoms with Gasteiger partial charge in [0.15, 0.2) is 0 Å². The molecule has 1 aromatic rings. The number of nitrogens with one attached hydrogen (secondary N) is 1. The second-order valence-corrected chi connectivity index (χ2v) is 6.71.